The highest BCUT2D eigenvalue weighted by atomic mass is 35.7. The summed E-state index contributed by atoms with van der Waals surface area (Å²) in [5.74, 6) is 0.713. The maximum atomic E-state index is 11.1. The van der Waals surface area contributed by atoms with E-state index in [-0.39, 0.29) is 4.90 Å². The van der Waals surface area contributed by atoms with Gasteiger partial charge in [-0.25, -0.2) is 8.42 Å². The van der Waals surface area contributed by atoms with Crippen molar-refractivity contribution in [3.05, 3.63) is 23.8 Å². The molecule has 3 nitrogen and oxygen atoms in total. The van der Waals surface area contributed by atoms with E-state index in [9.17, 15) is 8.42 Å². The Bertz CT molecular complexity index is 469. The van der Waals surface area contributed by atoms with Crippen LogP contribution >= 0.6 is 10.7 Å². The average molecular weight is 277 g/mol. The van der Waals surface area contributed by atoms with Crippen LogP contribution in [0, 0.1) is 6.92 Å². The van der Waals surface area contributed by atoms with Gasteiger partial charge in [0, 0.05) is 10.7 Å². The van der Waals surface area contributed by atoms with Gasteiger partial charge >= 0.3 is 0 Å². The van der Waals surface area contributed by atoms with Crippen LogP contribution in [-0.4, -0.2) is 15.0 Å². The van der Waals surface area contributed by atoms with Crippen molar-refractivity contribution in [1.29, 1.82) is 0 Å². The molecule has 0 saturated heterocycles. The molecule has 0 aromatic heterocycles. The van der Waals surface area contributed by atoms with Gasteiger partial charge in [0.15, 0.2) is 0 Å². The second kappa shape index (κ2) is 6.26. The van der Waals surface area contributed by atoms with Gasteiger partial charge in [-0.2, -0.15) is 0 Å². The predicted octanol–water partition coefficient (Wildman–Crippen LogP) is 3.49. The summed E-state index contributed by atoms with van der Waals surface area (Å²) in [6.07, 6.45) is 3.28. The fourth-order valence-electron chi connectivity index (χ4n) is 1.47. The van der Waals surface area contributed by atoms with Crippen molar-refractivity contribution in [3.63, 3.8) is 0 Å². The molecular weight excluding hydrogens is 260 g/mol. The quantitative estimate of drug-likeness (QED) is 0.590. The lowest BCUT2D eigenvalue weighted by molar-refractivity contribution is 0.304. The van der Waals surface area contributed by atoms with Gasteiger partial charge < -0.3 is 4.74 Å². The molecule has 0 atom stereocenters. The van der Waals surface area contributed by atoms with E-state index in [0.29, 0.717) is 12.4 Å². The van der Waals surface area contributed by atoms with Gasteiger partial charge in [-0.15, -0.1) is 0 Å². The maximum absolute atomic E-state index is 11.1. The minimum atomic E-state index is -3.65. The fraction of sp³-hybridized carbons (Fsp3) is 0.500. The van der Waals surface area contributed by atoms with Gasteiger partial charge in [-0.1, -0.05) is 19.8 Å². The molecule has 1 aromatic rings. The van der Waals surface area contributed by atoms with E-state index in [1.807, 2.05) is 0 Å². The zero-order valence-corrected chi connectivity index (χ0v) is 11.6. The normalized spacial score (nSPS) is 11.5. The van der Waals surface area contributed by atoms with Gasteiger partial charge in [0.1, 0.15) is 5.75 Å². The number of halogens is 1. The summed E-state index contributed by atoms with van der Waals surface area (Å²) in [4.78, 5) is 0.109. The van der Waals surface area contributed by atoms with Crippen LogP contribution in [0.4, 0.5) is 0 Å². The highest BCUT2D eigenvalue weighted by Crippen LogP contribution is 2.24. The molecule has 0 aliphatic carbocycles. The van der Waals surface area contributed by atoms with Crippen LogP contribution < -0.4 is 4.74 Å². The minimum Gasteiger partial charge on any atom is -0.493 e. The third-order valence-electron chi connectivity index (χ3n) is 2.43. The summed E-state index contributed by atoms with van der Waals surface area (Å²) < 4.78 is 27.8. The zero-order valence-electron chi connectivity index (χ0n) is 10.1. The van der Waals surface area contributed by atoms with E-state index in [4.69, 9.17) is 15.4 Å². The van der Waals surface area contributed by atoms with E-state index in [0.717, 1.165) is 24.8 Å². The summed E-state index contributed by atoms with van der Waals surface area (Å²) in [5.41, 5.74) is 0.781. The van der Waals surface area contributed by atoms with Crippen molar-refractivity contribution in [2.45, 2.75) is 38.0 Å². The molecule has 0 amide bonds. The molecule has 0 N–H and O–H groups in total. The van der Waals surface area contributed by atoms with Crippen LogP contribution in [-0.2, 0) is 9.05 Å². The van der Waals surface area contributed by atoms with Crippen molar-refractivity contribution in [1.82, 2.24) is 0 Å². The number of benzene rings is 1. The summed E-state index contributed by atoms with van der Waals surface area (Å²) in [7, 11) is 1.61. The molecular formula is C12H17ClO3S. The van der Waals surface area contributed by atoms with Gasteiger partial charge in [0.25, 0.3) is 9.05 Å². The summed E-state index contributed by atoms with van der Waals surface area (Å²) >= 11 is 0. The molecule has 0 radical (unpaired) electrons. The largest absolute Gasteiger partial charge is 0.493 e. The summed E-state index contributed by atoms with van der Waals surface area (Å²) in [6.45, 7) is 4.59. The molecule has 1 rings (SSSR count). The molecule has 1 aromatic carbocycles. The van der Waals surface area contributed by atoms with E-state index in [1.165, 1.54) is 12.1 Å². The Morgan fingerprint density at radius 2 is 2.00 bits per heavy atom. The van der Waals surface area contributed by atoms with Crippen LogP contribution in [0.5, 0.6) is 5.75 Å². The second-order valence-corrected chi connectivity index (χ2v) is 6.49. The Labute approximate surface area is 107 Å². The molecule has 0 heterocycles. The van der Waals surface area contributed by atoms with Crippen molar-refractivity contribution in [2.24, 2.45) is 0 Å². The Balaban J connectivity index is 2.70. The van der Waals surface area contributed by atoms with Crippen molar-refractivity contribution < 1.29 is 13.2 Å². The molecule has 0 saturated carbocycles. The van der Waals surface area contributed by atoms with E-state index < -0.39 is 9.05 Å². The van der Waals surface area contributed by atoms with Crippen molar-refractivity contribution >= 4 is 19.7 Å². The highest BCUT2D eigenvalue weighted by molar-refractivity contribution is 8.13. The first-order chi connectivity index (χ1) is 7.95. The monoisotopic (exact) mass is 276 g/mol. The predicted molar refractivity (Wildman–Crippen MR) is 69.2 cm³/mol. The zero-order chi connectivity index (χ0) is 12.9. The van der Waals surface area contributed by atoms with Crippen LogP contribution in [0.1, 0.15) is 31.7 Å². The number of hydrogen-bond acceptors (Lipinski definition) is 3. The highest BCUT2D eigenvalue weighted by Gasteiger charge is 2.11. The van der Waals surface area contributed by atoms with Gasteiger partial charge in [-0.3, -0.25) is 0 Å². The lowest BCUT2D eigenvalue weighted by Gasteiger charge is -2.09. The Hall–Kier alpha value is -0.740. The average Bonchev–Trinajstić information content (AvgIpc) is 2.24. The first-order valence-electron chi connectivity index (χ1n) is 5.63. The number of rotatable bonds is 6. The third kappa shape index (κ3) is 4.56. The lowest BCUT2D eigenvalue weighted by atomic mass is 10.2. The van der Waals surface area contributed by atoms with Gasteiger partial charge in [0.2, 0.25) is 0 Å². The number of ether oxygens (including phenoxy) is 1. The van der Waals surface area contributed by atoms with E-state index in [2.05, 4.69) is 6.92 Å². The first-order valence-corrected chi connectivity index (χ1v) is 7.94. The molecule has 96 valence electrons. The molecule has 0 aliphatic rings. The minimum absolute atomic E-state index is 0.109. The third-order valence-corrected chi connectivity index (χ3v) is 3.78. The number of aryl methyl sites for hydroxylation is 1. The SMILES string of the molecule is CCCCCOc1ccc(S(=O)(=O)Cl)cc1C. The van der Waals surface area contributed by atoms with Crippen LogP contribution in [0.25, 0.3) is 0 Å². The Morgan fingerprint density at radius 3 is 2.53 bits per heavy atom. The van der Waals surface area contributed by atoms with Crippen LogP contribution in [0.3, 0.4) is 0 Å². The molecule has 5 heteroatoms. The summed E-state index contributed by atoms with van der Waals surface area (Å²) in [6, 6.07) is 4.64. The maximum Gasteiger partial charge on any atom is 0.261 e. The fourth-order valence-corrected chi connectivity index (χ4v) is 2.31. The van der Waals surface area contributed by atoms with Gasteiger partial charge in [0.05, 0.1) is 11.5 Å². The molecule has 0 bridgehead atoms. The molecule has 0 fully saturated rings. The van der Waals surface area contributed by atoms with Crippen LogP contribution in [0.15, 0.2) is 23.1 Å². The van der Waals surface area contributed by atoms with Crippen LogP contribution in [0.2, 0.25) is 0 Å². The Morgan fingerprint density at radius 1 is 1.29 bits per heavy atom. The summed E-state index contributed by atoms with van der Waals surface area (Å²) in [5, 5.41) is 0. The Kier molecular flexibility index (Phi) is 5.28. The smallest absolute Gasteiger partial charge is 0.261 e. The molecule has 0 unspecified atom stereocenters. The number of hydrogen-bond donors (Lipinski definition) is 0. The van der Waals surface area contributed by atoms with Crippen molar-refractivity contribution in [2.75, 3.05) is 6.61 Å². The molecule has 0 aliphatic heterocycles. The van der Waals surface area contributed by atoms with E-state index >= 15 is 0 Å². The van der Waals surface area contributed by atoms with Crippen molar-refractivity contribution in [3.8, 4) is 5.75 Å². The number of unbranched alkanes of at least 4 members (excludes halogenated alkanes) is 2. The lowest BCUT2D eigenvalue weighted by Crippen LogP contribution is -2.00. The second-order valence-electron chi connectivity index (χ2n) is 3.92. The molecule has 17 heavy (non-hydrogen) atoms. The first kappa shape index (κ1) is 14.3. The molecule has 0 spiro atoms. The van der Waals surface area contributed by atoms with E-state index in [1.54, 1.807) is 13.0 Å². The standard InChI is InChI=1S/C12H17ClO3S/c1-3-4-5-8-16-12-7-6-11(9-10(12)2)17(13,14)15/h6-7,9H,3-5,8H2,1-2H3. The topological polar surface area (TPSA) is 43.4 Å². The van der Waals surface area contributed by atoms with Gasteiger partial charge in [-0.05, 0) is 37.1 Å².